The van der Waals surface area contributed by atoms with Gasteiger partial charge in [-0.1, -0.05) is 31.2 Å². The molecule has 12 heteroatoms. The van der Waals surface area contributed by atoms with E-state index in [1.165, 1.54) is 24.5 Å². The Bertz CT molecular complexity index is 1540. The SMILES string of the molecule is C[C@@H](COc1cc(-n2cnc3ccc(CS(C)(=O)=O)cc32)sc1C(N)=O)c1ccccc1C(F)(F)F. The monoisotopic (exact) mass is 537 g/mol. The van der Waals surface area contributed by atoms with Crippen LogP contribution in [0.25, 0.3) is 16.0 Å². The van der Waals surface area contributed by atoms with Gasteiger partial charge in [0.25, 0.3) is 5.91 Å². The van der Waals surface area contributed by atoms with Crippen LogP contribution in [0, 0.1) is 0 Å². The number of rotatable bonds is 8. The molecule has 0 aliphatic rings. The van der Waals surface area contributed by atoms with Crippen LogP contribution in [0.15, 0.2) is 54.9 Å². The number of hydrogen-bond acceptors (Lipinski definition) is 6. The fourth-order valence-electron chi connectivity index (χ4n) is 3.87. The number of fused-ring (bicyclic) bond motifs is 1. The largest absolute Gasteiger partial charge is 0.491 e. The van der Waals surface area contributed by atoms with Crippen LogP contribution >= 0.6 is 11.3 Å². The zero-order chi connectivity index (χ0) is 26.3. The van der Waals surface area contributed by atoms with Crippen molar-refractivity contribution < 1.29 is 31.1 Å². The highest BCUT2D eigenvalue weighted by molar-refractivity contribution is 7.89. The number of alkyl halides is 3. The highest BCUT2D eigenvalue weighted by Crippen LogP contribution is 2.37. The summed E-state index contributed by atoms with van der Waals surface area (Å²) in [5.41, 5.74) is 6.69. The molecule has 4 rings (SSSR count). The van der Waals surface area contributed by atoms with Gasteiger partial charge in [0.15, 0.2) is 9.84 Å². The zero-order valence-corrected chi connectivity index (χ0v) is 20.9. The number of thiophene rings is 1. The number of sulfone groups is 1. The van der Waals surface area contributed by atoms with Crippen LogP contribution < -0.4 is 10.5 Å². The summed E-state index contributed by atoms with van der Waals surface area (Å²) in [4.78, 5) is 16.5. The lowest BCUT2D eigenvalue weighted by molar-refractivity contribution is -0.138. The Kier molecular flexibility index (Phi) is 6.84. The predicted molar refractivity (Wildman–Crippen MR) is 131 cm³/mol. The quantitative estimate of drug-likeness (QED) is 0.343. The molecule has 2 heterocycles. The molecule has 0 fully saturated rings. The first-order chi connectivity index (χ1) is 16.8. The number of carbonyl (C=O) groups is 1. The average Bonchev–Trinajstić information content (AvgIpc) is 3.39. The van der Waals surface area contributed by atoms with E-state index in [9.17, 15) is 26.4 Å². The maximum absolute atomic E-state index is 13.4. The second-order valence-electron chi connectivity index (χ2n) is 8.45. The smallest absolute Gasteiger partial charge is 0.416 e. The Morgan fingerprint density at radius 3 is 2.58 bits per heavy atom. The number of nitrogens with zero attached hydrogens (tertiary/aromatic N) is 2. The molecule has 0 bridgehead atoms. The minimum atomic E-state index is -4.50. The van der Waals surface area contributed by atoms with Gasteiger partial charge in [-0.05, 0) is 29.3 Å². The van der Waals surface area contributed by atoms with E-state index in [4.69, 9.17) is 10.5 Å². The Hall–Kier alpha value is -3.38. The normalized spacial score (nSPS) is 13.1. The van der Waals surface area contributed by atoms with Crippen molar-refractivity contribution >= 4 is 38.1 Å². The van der Waals surface area contributed by atoms with Crippen LogP contribution in [-0.2, 0) is 21.8 Å². The first-order valence-corrected chi connectivity index (χ1v) is 13.6. The molecule has 4 aromatic rings. The number of hydrogen-bond donors (Lipinski definition) is 1. The molecule has 190 valence electrons. The molecule has 0 saturated carbocycles. The summed E-state index contributed by atoms with van der Waals surface area (Å²) in [6.07, 6.45) is -1.83. The number of aromatic nitrogens is 2. The van der Waals surface area contributed by atoms with Crippen molar-refractivity contribution in [3.63, 3.8) is 0 Å². The molecule has 0 aliphatic heterocycles. The van der Waals surface area contributed by atoms with E-state index in [0.29, 0.717) is 21.6 Å². The minimum absolute atomic E-state index is 0.0834. The fraction of sp³-hybridized carbons (Fsp3) is 0.250. The van der Waals surface area contributed by atoms with Crippen molar-refractivity contribution in [3.8, 4) is 10.8 Å². The summed E-state index contributed by atoms with van der Waals surface area (Å²) >= 11 is 1.04. The minimum Gasteiger partial charge on any atom is -0.491 e. The molecule has 0 spiro atoms. The predicted octanol–water partition coefficient (Wildman–Crippen LogP) is 4.93. The number of carbonyl (C=O) groups excluding carboxylic acids is 1. The first-order valence-electron chi connectivity index (χ1n) is 10.7. The molecule has 2 aromatic carbocycles. The van der Waals surface area contributed by atoms with Gasteiger partial charge in [0.1, 0.15) is 22.0 Å². The Morgan fingerprint density at radius 1 is 1.19 bits per heavy atom. The molecule has 7 nitrogen and oxygen atoms in total. The van der Waals surface area contributed by atoms with Gasteiger partial charge in [-0.15, -0.1) is 11.3 Å². The Balaban J connectivity index is 1.64. The van der Waals surface area contributed by atoms with Crippen molar-refractivity contribution in [1.29, 1.82) is 0 Å². The molecule has 0 aliphatic carbocycles. The molecule has 0 saturated heterocycles. The van der Waals surface area contributed by atoms with Gasteiger partial charge in [0.2, 0.25) is 0 Å². The Labute approximate surface area is 209 Å². The average molecular weight is 538 g/mol. The molecule has 1 atom stereocenters. The highest BCUT2D eigenvalue weighted by atomic mass is 32.2. The van der Waals surface area contributed by atoms with E-state index in [1.807, 2.05) is 0 Å². The zero-order valence-electron chi connectivity index (χ0n) is 19.2. The molecule has 36 heavy (non-hydrogen) atoms. The maximum atomic E-state index is 13.4. The van der Waals surface area contributed by atoms with Gasteiger partial charge in [-0.3, -0.25) is 9.36 Å². The number of benzene rings is 2. The lowest BCUT2D eigenvalue weighted by Gasteiger charge is -2.18. The molecule has 0 radical (unpaired) electrons. The van der Waals surface area contributed by atoms with Crippen molar-refractivity contribution in [2.45, 2.75) is 24.8 Å². The van der Waals surface area contributed by atoms with E-state index in [-0.39, 0.29) is 28.5 Å². The third-order valence-corrected chi connectivity index (χ3v) is 7.46. The summed E-state index contributed by atoms with van der Waals surface area (Å²) in [6.45, 7) is 1.49. The molecule has 0 unspecified atom stereocenters. The molecule has 2 N–H and O–H groups in total. The Morgan fingerprint density at radius 2 is 1.92 bits per heavy atom. The molecule has 2 aromatic heterocycles. The van der Waals surface area contributed by atoms with Crippen LogP contribution in [0.5, 0.6) is 5.75 Å². The first kappa shape index (κ1) is 25.7. The van der Waals surface area contributed by atoms with Crippen LogP contribution in [0.3, 0.4) is 0 Å². The third kappa shape index (κ3) is 5.54. The van der Waals surface area contributed by atoms with E-state index in [0.717, 1.165) is 23.7 Å². The van der Waals surface area contributed by atoms with Crippen molar-refractivity contribution in [3.05, 3.63) is 76.4 Å². The standard InChI is InChI=1S/C24H22F3N3O4S2/c1-14(16-5-3-4-6-17(16)24(25,26)27)11-34-20-10-21(35-22(20)23(28)31)30-13-29-18-8-7-15(9-19(18)30)12-36(2,32)33/h3-10,13-14H,11-12H2,1-2H3,(H2,28,31)/t14-/m0/s1. The second-order valence-corrected chi connectivity index (χ2v) is 11.6. The summed E-state index contributed by atoms with van der Waals surface area (Å²) in [5, 5.41) is 0.529. The van der Waals surface area contributed by atoms with Crippen LogP contribution in [0.4, 0.5) is 13.2 Å². The maximum Gasteiger partial charge on any atom is 0.416 e. The fourth-order valence-corrected chi connectivity index (χ4v) is 5.59. The number of nitrogens with two attached hydrogens (primary N) is 1. The second kappa shape index (κ2) is 9.58. The van der Waals surface area contributed by atoms with Crippen molar-refractivity contribution in [2.75, 3.05) is 12.9 Å². The van der Waals surface area contributed by atoms with Crippen LogP contribution in [0.2, 0.25) is 0 Å². The van der Waals surface area contributed by atoms with Gasteiger partial charge in [0.05, 0.1) is 29.0 Å². The number of primary amides is 1. The van der Waals surface area contributed by atoms with Crippen LogP contribution in [-0.4, -0.2) is 36.7 Å². The van der Waals surface area contributed by atoms with Gasteiger partial charge >= 0.3 is 6.18 Å². The summed E-state index contributed by atoms with van der Waals surface area (Å²) in [6, 6.07) is 11.9. The summed E-state index contributed by atoms with van der Waals surface area (Å²) < 4.78 is 71.1. The van der Waals surface area contributed by atoms with Crippen molar-refractivity contribution in [1.82, 2.24) is 9.55 Å². The van der Waals surface area contributed by atoms with Crippen LogP contribution in [0.1, 0.15) is 39.2 Å². The van der Waals surface area contributed by atoms with E-state index in [1.54, 1.807) is 35.8 Å². The van der Waals surface area contributed by atoms with Gasteiger partial charge in [-0.25, -0.2) is 13.4 Å². The van der Waals surface area contributed by atoms with Crippen molar-refractivity contribution in [2.24, 2.45) is 5.73 Å². The topological polar surface area (TPSA) is 104 Å². The van der Waals surface area contributed by atoms with Gasteiger partial charge in [-0.2, -0.15) is 13.2 Å². The number of imidazole rings is 1. The third-order valence-electron chi connectivity index (χ3n) is 5.47. The summed E-state index contributed by atoms with van der Waals surface area (Å²) in [5.74, 6) is -1.36. The molecular weight excluding hydrogens is 515 g/mol. The summed E-state index contributed by atoms with van der Waals surface area (Å²) in [7, 11) is -3.25. The lowest BCUT2D eigenvalue weighted by Crippen LogP contribution is -2.16. The van der Waals surface area contributed by atoms with Gasteiger partial charge in [0, 0.05) is 18.2 Å². The number of halogens is 3. The highest BCUT2D eigenvalue weighted by Gasteiger charge is 2.34. The van der Waals surface area contributed by atoms with E-state index in [2.05, 4.69) is 4.98 Å². The van der Waals surface area contributed by atoms with E-state index < -0.39 is 33.4 Å². The molecule has 1 amide bonds. The molecular formula is C24H22F3N3O4S2. The lowest BCUT2D eigenvalue weighted by atomic mass is 9.96. The number of ether oxygens (including phenoxy) is 1. The van der Waals surface area contributed by atoms with E-state index >= 15 is 0 Å². The number of amides is 1. The van der Waals surface area contributed by atoms with Gasteiger partial charge < -0.3 is 10.5 Å².